The van der Waals surface area contributed by atoms with E-state index in [-0.39, 0.29) is 11.6 Å². The fraction of sp³-hybridized carbons (Fsp3) is 0. The van der Waals surface area contributed by atoms with Gasteiger partial charge >= 0.3 is 0 Å². The number of Topliss-reactive ketones (excluding diaryl/α,β-unsaturated/α-hetero) is 1. The van der Waals surface area contributed by atoms with E-state index in [9.17, 15) is 9.18 Å². The summed E-state index contributed by atoms with van der Waals surface area (Å²) in [7, 11) is 0. The number of aromatic nitrogens is 1. The molecule has 1 heterocycles. The molecular weight excluding hydrogens is 325 g/mol. The molecule has 2 aromatic carbocycles. The van der Waals surface area contributed by atoms with Crippen molar-refractivity contribution >= 4 is 29.0 Å². The Morgan fingerprint density at radius 3 is 2.42 bits per heavy atom. The molecule has 0 spiro atoms. The highest BCUT2D eigenvalue weighted by molar-refractivity contribution is 6.40. The molecule has 0 radical (unpaired) electrons. The highest BCUT2D eigenvalue weighted by Gasteiger charge is 2.17. The minimum absolute atomic E-state index is 0.226. The largest absolute Gasteiger partial charge is 0.289 e. The summed E-state index contributed by atoms with van der Waals surface area (Å²) >= 11 is 6.16. The lowest BCUT2D eigenvalue weighted by Gasteiger charge is -2.09. The summed E-state index contributed by atoms with van der Waals surface area (Å²) in [6.45, 7) is 0. The molecule has 0 aliphatic heterocycles. The quantitative estimate of drug-likeness (QED) is 0.478. The molecule has 0 amide bonds. The molecule has 0 aliphatic rings. The summed E-state index contributed by atoms with van der Waals surface area (Å²) < 4.78 is 13.2. The van der Waals surface area contributed by atoms with Crippen LogP contribution in [0, 0.1) is 5.82 Å². The maximum absolute atomic E-state index is 13.2. The Kier molecular flexibility index (Phi) is 4.82. The minimum Gasteiger partial charge on any atom is -0.289 e. The predicted molar refractivity (Wildman–Crippen MR) is 94.3 cm³/mol. The number of carbonyl (C=O) groups is 1. The Morgan fingerprint density at radius 1 is 1.00 bits per heavy atom. The third kappa shape index (κ3) is 3.58. The third-order valence-corrected chi connectivity index (χ3v) is 3.84. The van der Waals surface area contributed by atoms with E-state index in [1.54, 1.807) is 60.9 Å². The van der Waals surface area contributed by atoms with Crippen molar-refractivity contribution in [2.24, 2.45) is 0 Å². The molecule has 0 atom stereocenters. The fourth-order valence-corrected chi connectivity index (χ4v) is 2.55. The molecular formula is C20H13ClFNO. The fourth-order valence-electron chi connectivity index (χ4n) is 2.33. The van der Waals surface area contributed by atoms with Gasteiger partial charge in [0.25, 0.3) is 0 Å². The highest BCUT2D eigenvalue weighted by Crippen LogP contribution is 2.26. The maximum Gasteiger partial charge on any atom is 0.195 e. The zero-order valence-electron chi connectivity index (χ0n) is 12.6. The number of hydrogen-bond acceptors (Lipinski definition) is 2. The Labute approximate surface area is 144 Å². The van der Waals surface area contributed by atoms with E-state index in [0.29, 0.717) is 21.7 Å². The summed E-state index contributed by atoms with van der Waals surface area (Å²) in [4.78, 5) is 17.0. The van der Waals surface area contributed by atoms with E-state index in [2.05, 4.69) is 4.98 Å². The van der Waals surface area contributed by atoms with Crippen molar-refractivity contribution < 1.29 is 9.18 Å². The van der Waals surface area contributed by atoms with Gasteiger partial charge in [0, 0.05) is 23.5 Å². The van der Waals surface area contributed by atoms with E-state index < -0.39 is 0 Å². The smallest absolute Gasteiger partial charge is 0.195 e. The predicted octanol–water partition coefficient (Wildman–Crippen LogP) is 5.30. The molecule has 0 bridgehead atoms. The van der Waals surface area contributed by atoms with Crippen LogP contribution in [-0.4, -0.2) is 10.8 Å². The Hall–Kier alpha value is -2.78. The molecule has 4 heteroatoms. The first kappa shape index (κ1) is 16.1. The minimum atomic E-state index is -0.357. The SMILES string of the molecule is O=C(C(=Cc1cccnc1)c1ccc(F)cc1)c1ccccc1Cl. The van der Waals surface area contributed by atoms with Gasteiger partial charge in [-0.3, -0.25) is 9.78 Å². The molecule has 1 aromatic heterocycles. The van der Waals surface area contributed by atoms with E-state index >= 15 is 0 Å². The van der Waals surface area contributed by atoms with E-state index in [4.69, 9.17) is 11.6 Å². The van der Waals surface area contributed by atoms with Crippen LogP contribution >= 0.6 is 11.6 Å². The lowest BCUT2D eigenvalue weighted by Crippen LogP contribution is -2.04. The highest BCUT2D eigenvalue weighted by atomic mass is 35.5. The second kappa shape index (κ2) is 7.20. The molecule has 24 heavy (non-hydrogen) atoms. The van der Waals surface area contributed by atoms with Gasteiger partial charge in [-0.2, -0.15) is 0 Å². The number of rotatable bonds is 4. The average molecular weight is 338 g/mol. The Balaban J connectivity index is 2.12. The number of hydrogen-bond donors (Lipinski definition) is 0. The molecule has 2 nitrogen and oxygen atoms in total. The Bertz CT molecular complexity index is 889. The maximum atomic E-state index is 13.2. The van der Waals surface area contributed by atoms with Crippen LogP contribution in [0.15, 0.2) is 73.1 Å². The van der Waals surface area contributed by atoms with Gasteiger partial charge in [-0.1, -0.05) is 41.9 Å². The monoisotopic (exact) mass is 337 g/mol. The standard InChI is InChI=1S/C20H13ClFNO/c21-19-6-2-1-5-17(19)20(24)18(12-14-4-3-11-23-13-14)15-7-9-16(22)10-8-15/h1-13H. The van der Waals surface area contributed by atoms with Crippen molar-refractivity contribution in [2.45, 2.75) is 0 Å². The molecule has 118 valence electrons. The first-order valence-corrected chi connectivity index (χ1v) is 7.70. The van der Waals surface area contributed by atoms with Gasteiger partial charge in [-0.05, 0) is 47.5 Å². The van der Waals surface area contributed by atoms with E-state index in [1.165, 1.54) is 12.1 Å². The van der Waals surface area contributed by atoms with Gasteiger partial charge in [-0.25, -0.2) is 4.39 Å². The molecule has 0 saturated carbocycles. The van der Waals surface area contributed by atoms with Crippen LogP contribution < -0.4 is 0 Å². The number of nitrogens with zero attached hydrogens (tertiary/aromatic N) is 1. The topological polar surface area (TPSA) is 30.0 Å². The molecule has 3 rings (SSSR count). The second-order valence-electron chi connectivity index (χ2n) is 5.16. The normalized spacial score (nSPS) is 11.3. The number of benzene rings is 2. The lowest BCUT2D eigenvalue weighted by atomic mass is 9.95. The van der Waals surface area contributed by atoms with Crippen LogP contribution in [-0.2, 0) is 0 Å². The van der Waals surface area contributed by atoms with Crippen LogP contribution in [0.1, 0.15) is 21.5 Å². The van der Waals surface area contributed by atoms with Crippen molar-refractivity contribution in [1.82, 2.24) is 4.98 Å². The molecule has 3 aromatic rings. The van der Waals surface area contributed by atoms with Gasteiger partial charge in [0.15, 0.2) is 5.78 Å². The molecule has 0 aliphatic carbocycles. The van der Waals surface area contributed by atoms with Gasteiger partial charge in [0.05, 0.1) is 5.02 Å². The van der Waals surface area contributed by atoms with E-state index in [0.717, 1.165) is 5.56 Å². The summed E-state index contributed by atoms with van der Waals surface area (Å²) in [6, 6.07) is 16.3. The van der Waals surface area contributed by atoms with Crippen LogP contribution in [0.25, 0.3) is 11.6 Å². The number of allylic oxidation sites excluding steroid dienone is 1. The van der Waals surface area contributed by atoms with E-state index in [1.807, 2.05) is 6.07 Å². The summed E-state index contributed by atoms with van der Waals surface area (Å²) in [6.07, 6.45) is 5.04. The first-order valence-electron chi connectivity index (χ1n) is 7.32. The second-order valence-corrected chi connectivity index (χ2v) is 5.57. The average Bonchev–Trinajstić information content (AvgIpc) is 2.61. The number of pyridine rings is 1. The number of ketones is 1. The molecule has 0 fully saturated rings. The van der Waals surface area contributed by atoms with Crippen molar-refractivity contribution in [3.8, 4) is 0 Å². The molecule has 0 unspecified atom stereocenters. The first-order chi connectivity index (χ1) is 11.6. The number of carbonyl (C=O) groups excluding carboxylic acids is 1. The van der Waals surface area contributed by atoms with Crippen LogP contribution in [0.2, 0.25) is 5.02 Å². The molecule has 0 N–H and O–H groups in total. The number of halogens is 2. The van der Waals surface area contributed by atoms with Crippen molar-refractivity contribution in [2.75, 3.05) is 0 Å². The molecule has 0 saturated heterocycles. The Morgan fingerprint density at radius 2 is 1.75 bits per heavy atom. The van der Waals surface area contributed by atoms with Crippen molar-refractivity contribution in [3.63, 3.8) is 0 Å². The summed E-state index contributed by atoms with van der Waals surface area (Å²) in [5.41, 5.74) is 2.22. The zero-order chi connectivity index (χ0) is 16.9. The summed E-state index contributed by atoms with van der Waals surface area (Å²) in [5.74, 6) is -0.583. The van der Waals surface area contributed by atoms with Gasteiger partial charge in [0.1, 0.15) is 5.82 Å². The zero-order valence-corrected chi connectivity index (χ0v) is 13.4. The van der Waals surface area contributed by atoms with Crippen LogP contribution in [0.4, 0.5) is 4.39 Å². The van der Waals surface area contributed by atoms with Gasteiger partial charge in [-0.15, -0.1) is 0 Å². The third-order valence-electron chi connectivity index (χ3n) is 3.51. The van der Waals surface area contributed by atoms with Gasteiger partial charge in [0.2, 0.25) is 0 Å². The van der Waals surface area contributed by atoms with Crippen LogP contribution in [0.3, 0.4) is 0 Å². The van der Waals surface area contributed by atoms with Crippen molar-refractivity contribution in [1.29, 1.82) is 0 Å². The van der Waals surface area contributed by atoms with Crippen molar-refractivity contribution in [3.05, 3.63) is 101 Å². The summed E-state index contributed by atoms with van der Waals surface area (Å²) in [5, 5.41) is 0.377. The van der Waals surface area contributed by atoms with Gasteiger partial charge < -0.3 is 0 Å². The van der Waals surface area contributed by atoms with Crippen LogP contribution in [0.5, 0.6) is 0 Å². The lowest BCUT2D eigenvalue weighted by molar-refractivity contribution is 0.105.